The van der Waals surface area contributed by atoms with Gasteiger partial charge in [0.15, 0.2) is 0 Å². The summed E-state index contributed by atoms with van der Waals surface area (Å²) in [5.74, 6) is 0.235. The van der Waals surface area contributed by atoms with E-state index in [0.29, 0.717) is 11.4 Å². The van der Waals surface area contributed by atoms with Crippen molar-refractivity contribution in [2.45, 2.75) is 20.3 Å². The molecule has 0 aliphatic carbocycles. The lowest BCUT2D eigenvalue weighted by atomic mass is 10.3. The first kappa shape index (κ1) is 13.8. The van der Waals surface area contributed by atoms with Crippen LogP contribution in [0.5, 0.6) is 0 Å². The van der Waals surface area contributed by atoms with Gasteiger partial charge in [0.1, 0.15) is 0 Å². The minimum Gasteiger partial charge on any atom is -0.397 e. The van der Waals surface area contributed by atoms with Crippen LogP contribution >= 0.6 is 0 Å². The van der Waals surface area contributed by atoms with E-state index in [-0.39, 0.29) is 5.96 Å². The van der Waals surface area contributed by atoms with Gasteiger partial charge < -0.3 is 11.5 Å². The number of nitrogens with zero attached hydrogens (tertiary/aromatic N) is 4. The van der Waals surface area contributed by atoms with Gasteiger partial charge in [-0.05, 0) is 31.6 Å². The molecule has 0 spiro atoms. The fourth-order valence-corrected chi connectivity index (χ4v) is 1.71. The zero-order valence-corrected chi connectivity index (χ0v) is 11.6. The highest BCUT2D eigenvalue weighted by atomic mass is 15.5. The van der Waals surface area contributed by atoms with Gasteiger partial charge in [-0.1, -0.05) is 30.3 Å². The fourth-order valence-electron chi connectivity index (χ4n) is 1.71. The van der Waals surface area contributed by atoms with Crippen molar-refractivity contribution in [1.82, 2.24) is 15.0 Å². The highest BCUT2D eigenvalue weighted by Crippen LogP contribution is 2.20. The summed E-state index contributed by atoms with van der Waals surface area (Å²) in [5, 5.41) is 8.04. The maximum Gasteiger partial charge on any atom is 0.223 e. The van der Waals surface area contributed by atoms with E-state index in [0.717, 1.165) is 17.8 Å². The summed E-state index contributed by atoms with van der Waals surface area (Å²) in [5.41, 5.74) is 14.7. The number of aromatic nitrogens is 3. The smallest absolute Gasteiger partial charge is 0.223 e. The average molecular weight is 270 g/mol. The summed E-state index contributed by atoms with van der Waals surface area (Å²) in [6.45, 7) is 3.94. The molecule has 0 amide bonds. The average Bonchev–Trinajstić information content (AvgIpc) is 2.80. The minimum atomic E-state index is 0.235. The molecule has 0 saturated carbocycles. The Labute approximate surface area is 117 Å². The molecule has 0 aliphatic rings. The number of aliphatic imine (C=N–C) groups is 1. The molecule has 1 aromatic heterocycles. The van der Waals surface area contributed by atoms with Gasteiger partial charge in [0.05, 0.1) is 22.8 Å². The first-order chi connectivity index (χ1) is 9.63. The van der Waals surface area contributed by atoms with Gasteiger partial charge in [0.2, 0.25) is 5.96 Å². The first-order valence-electron chi connectivity index (χ1n) is 6.41. The molecule has 0 unspecified atom stereocenters. The van der Waals surface area contributed by atoms with Crippen LogP contribution in [0.25, 0.3) is 6.08 Å². The molecule has 2 rings (SSSR count). The second kappa shape index (κ2) is 6.01. The van der Waals surface area contributed by atoms with Crippen LogP contribution in [-0.2, 0) is 0 Å². The van der Waals surface area contributed by atoms with Crippen LogP contribution in [0.3, 0.4) is 0 Å². The van der Waals surface area contributed by atoms with Crippen LogP contribution in [-0.4, -0.2) is 21.0 Å². The number of nitrogen functional groups attached to an aromatic ring is 1. The van der Waals surface area contributed by atoms with Gasteiger partial charge in [-0.2, -0.15) is 4.68 Å². The minimum absolute atomic E-state index is 0.235. The number of nitrogens with two attached hydrogens (primary N) is 2. The molecule has 0 atom stereocenters. The lowest BCUT2D eigenvalue weighted by Crippen LogP contribution is -2.24. The number of benzene rings is 1. The number of para-hydroxylation sites is 2. The Morgan fingerprint density at radius 3 is 2.85 bits per heavy atom. The number of rotatable bonds is 3. The summed E-state index contributed by atoms with van der Waals surface area (Å²) in [4.78, 5) is 4.31. The first-order valence-corrected chi connectivity index (χ1v) is 6.41. The number of anilines is 1. The zero-order chi connectivity index (χ0) is 14.5. The van der Waals surface area contributed by atoms with Crippen LogP contribution < -0.4 is 11.5 Å². The normalized spacial score (nSPS) is 12.2. The summed E-state index contributed by atoms with van der Waals surface area (Å²) in [7, 11) is 0. The Morgan fingerprint density at radius 1 is 1.40 bits per heavy atom. The Kier molecular flexibility index (Phi) is 4.14. The summed E-state index contributed by atoms with van der Waals surface area (Å²) >= 11 is 0. The van der Waals surface area contributed by atoms with Gasteiger partial charge in [-0.3, -0.25) is 0 Å². The highest BCUT2D eigenvalue weighted by Gasteiger charge is 2.09. The Morgan fingerprint density at radius 2 is 2.15 bits per heavy atom. The summed E-state index contributed by atoms with van der Waals surface area (Å²) in [6.07, 6.45) is 4.88. The second-order valence-electron chi connectivity index (χ2n) is 4.31. The molecule has 20 heavy (non-hydrogen) atoms. The SMILES string of the molecule is CC/C=C\c1c(C)nnn1C(N)=Nc1ccccc1N. The van der Waals surface area contributed by atoms with Crippen molar-refractivity contribution in [2.24, 2.45) is 10.7 Å². The highest BCUT2D eigenvalue weighted by molar-refractivity contribution is 5.86. The third-order valence-electron chi connectivity index (χ3n) is 2.78. The molecular weight excluding hydrogens is 252 g/mol. The van der Waals surface area contributed by atoms with Crippen molar-refractivity contribution in [3.63, 3.8) is 0 Å². The van der Waals surface area contributed by atoms with E-state index in [2.05, 4.69) is 22.2 Å². The van der Waals surface area contributed by atoms with Gasteiger partial charge in [-0.25, -0.2) is 4.99 Å². The van der Waals surface area contributed by atoms with Gasteiger partial charge in [0, 0.05) is 0 Å². The van der Waals surface area contributed by atoms with E-state index in [1.165, 1.54) is 4.68 Å². The van der Waals surface area contributed by atoms with E-state index in [4.69, 9.17) is 11.5 Å². The molecule has 1 aromatic carbocycles. The molecule has 0 fully saturated rings. The quantitative estimate of drug-likeness (QED) is 0.507. The number of hydrogen-bond acceptors (Lipinski definition) is 4. The molecule has 0 saturated heterocycles. The van der Waals surface area contributed by atoms with Crippen LogP contribution in [0, 0.1) is 6.92 Å². The monoisotopic (exact) mass is 270 g/mol. The Hall–Kier alpha value is -2.63. The molecule has 1 heterocycles. The van der Waals surface area contributed by atoms with E-state index >= 15 is 0 Å². The van der Waals surface area contributed by atoms with Crippen molar-refractivity contribution in [3.05, 3.63) is 41.7 Å². The largest absolute Gasteiger partial charge is 0.397 e. The summed E-state index contributed by atoms with van der Waals surface area (Å²) < 4.78 is 1.51. The van der Waals surface area contributed by atoms with Crippen LogP contribution in [0.2, 0.25) is 0 Å². The fraction of sp³-hybridized carbons (Fsp3) is 0.214. The van der Waals surface area contributed by atoms with Crippen molar-refractivity contribution < 1.29 is 0 Å². The van der Waals surface area contributed by atoms with E-state index < -0.39 is 0 Å². The van der Waals surface area contributed by atoms with E-state index in [1.54, 1.807) is 12.1 Å². The molecular formula is C14H18N6. The number of allylic oxidation sites excluding steroid dienone is 1. The van der Waals surface area contributed by atoms with Crippen molar-refractivity contribution >= 4 is 23.4 Å². The molecule has 0 aliphatic heterocycles. The predicted octanol–water partition coefficient (Wildman–Crippen LogP) is 2.09. The third kappa shape index (κ3) is 2.85. The molecule has 6 nitrogen and oxygen atoms in total. The molecule has 4 N–H and O–H groups in total. The maximum atomic E-state index is 6.00. The Bertz CT molecular complexity index is 653. The number of aryl methyl sites for hydroxylation is 1. The molecule has 2 aromatic rings. The van der Waals surface area contributed by atoms with Gasteiger partial charge >= 0.3 is 0 Å². The summed E-state index contributed by atoms with van der Waals surface area (Å²) in [6, 6.07) is 7.27. The molecule has 0 radical (unpaired) electrons. The third-order valence-corrected chi connectivity index (χ3v) is 2.78. The second-order valence-corrected chi connectivity index (χ2v) is 4.31. The Balaban J connectivity index is 2.41. The molecule has 0 bridgehead atoms. The van der Waals surface area contributed by atoms with Crippen LogP contribution in [0.1, 0.15) is 24.7 Å². The van der Waals surface area contributed by atoms with Crippen molar-refractivity contribution in [1.29, 1.82) is 0 Å². The van der Waals surface area contributed by atoms with Gasteiger partial charge in [-0.15, -0.1) is 5.10 Å². The van der Waals surface area contributed by atoms with Crippen LogP contribution in [0.4, 0.5) is 11.4 Å². The number of hydrogen-bond donors (Lipinski definition) is 2. The van der Waals surface area contributed by atoms with Crippen LogP contribution in [0.15, 0.2) is 35.3 Å². The zero-order valence-electron chi connectivity index (χ0n) is 11.6. The van der Waals surface area contributed by atoms with Crippen molar-refractivity contribution in [2.75, 3.05) is 5.73 Å². The predicted molar refractivity (Wildman–Crippen MR) is 81.6 cm³/mol. The molecule has 6 heteroatoms. The topological polar surface area (TPSA) is 95.1 Å². The van der Waals surface area contributed by atoms with E-state index in [1.807, 2.05) is 31.2 Å². The maximum absolute atomic E-state index is 6.00. The van der Waals surface area contributed by atoms with Crippen molar-refractivity contribution in [3.8, 4) is 0 Å². The van der Waals surface area contributed by atoms with Gasteiger partial charge in [0.25, 0.3) is 0 Å². The van der Waals surface area contributed by atoms with E-state index in [9.17, 15) is 0 Å². The lowest BCUT2D eigenvalue weighted by molar-refractivity contribution is 0.826. The standard InChI is InChI=1S/C14H18N6/c1-3-4-9-13-10(2)18-19-20(13)14(16)17-12-8-6-5-7-11(12)15/h4-9H,3,15H2,1-2H3,(H2,16,17)/b9-4-. The molecule has 104 valence electrons. The lowest BCUT2D eigenvalue weighted by Gasteiger charge is -2.04.